The highest BCUT2D eigenvalue weighted by atomic mass is 32.1. The van der Waals surface area contributed by atoms with Crippen LogP contribution in [0.3, 0.4) is 0 Å². The van der Waals surface area contributed by atoms with Gasteiger partial charge in [0.15, 0.2) is 5.11 Å². The van der Waals surface area contributed by atoms with Crippen molar-refractivity contribution in [1.29, 1.82) is 0 Å². The van der Waals surface area contributed by atoms with Gasteiger partial charge in [0.1, 0.15) is 11.6 Å². The fraction of sp³-hybridized carbons (Fsp3) is 0.433. The van der Waals surface area contributed by atoms with Gasteiger partial charge < -0.3 is 25.3 Å². The smallest absolute Gasteiger partial charge is 0.232 e. The van der Waals surface area contributed by atoms with Crippen LogP contribution in [0, 0.1) is 11.8 Å². The third-order valence-electron chi connectivity index (χ3n) is 7.49. The molecule has 2 fully saturated rings. The molecule has 2 aromatic carbocycles. The predicted molar refractivity (Wildman–Crippen MR) is 162 cm³/mol. The summed E-state index contributed by atoms with van der Waals surface area (Å²) in [7, 11) is 0. The standard InChI is InChI=1S/C30H39N7S/c1-22-18-23(2)21-37(20-22)28-19-27(36-16-14-35(15-17-36)26-12-8-5-9-13-26)32-29(33-28)34-30(38)31-24(3)25-10-6-4-7-11-25/h4-13,19,22-24H,14-18,20-21H2,1-3H3,(H2,31,32,33,34,38)/t22-,23-,24+/m1/s1. The number of piperidine rings is 1. The van der Waals surface area contributed by atoms with Crippen LogP contribution < -0.4 is 25.3 Å². The minimum Gasteiger partial charge on any atom is -0.368 e. The molecular formula is C30H39N7S. The van der Waals surface area contributed by atoms with Crippen molar-refractivity contribution in [3.63, 3.8) is 0 Å². The third kappa shape index (κ3) is 6.54. The van der Waals surface area contributed by atoms with Gasteiger partial charge in [0.05, 0.1) is 6.04 Å². The van der Waals surface area contributed by atoms with Crippen molar-refractivity contribution < 1.29 is 0 Å². The summed E-state index contributed by atoms with van der Waals surface area (Å²) in [6.07, 6.45) is 1.26. The molecule has 2 aliphatic heterocycles. The van der Waals surface area contributed by atoms with Crippen LogP contribution in [-0.2, 0) is 0 Å². The number of nitrogens with one attached hydrogen (secondary N) is 2. The fourth-order valence-corrected chi connectivity index (χ4v) is 5.91. The summed E-state index contributed by atoms with van der Waals surface area (Å²) in [6, 6.07) is 23.2. The van der Waals surface area contributed by atoms with Crippen LogP contribution in [0.15, 0.2) is 66.7 Å². The van der Waals surface area contributed by atoms with Crippen LogP contribution in [0.1, 0.15) is 38.8 Å². The van der Waals surface area contributed by atoms with Gasteiger partial charge in [-0.1, -0.05) is 62.4 Å². The Hall–Kier alpha value is -3.39. The first-order valence-electron chi connectivity index (χ1n) is 13.8. The summed E-state index contributed by atoms with van der Waals surface area (Å²) in [6.45, 7) is 12.5. The number of benzene rings is 2. The largest absolute Gasteiger partial charge is 0.368 e. The Morgan fingerprint density at radius 2 is 1.37 bits per heavy atom. The summed E-state index contributed by atoms with van der Waals surface area (Å²) in [4.78, 5) is 17.1. The highest BCUT2D eigenvalue weighted by Crippen LogP contribution is 2.29. The number of para-hydroxylation sites is 1. The fourth-order valence-electron chi connectivity index (χ4n) is 5.64. The molecule has 3 atom stereocenters. The van der Waals surface area contributed by atoms with Crippen molar-refractivity contribution in [3.05, 3.63) is 72.3 Å². The van der Waals surface area contributed by atoms with Gasteiger partial charge in [-0.05, 0) is 55.1 Å². The van der Waals surface area contributed by atoms with Gasteiger partial charge in [-0.15, -0.1) is 0 Å². The molecule has 0 amide bonds. The molecule has 8 heteroatoms. The predicted octanol–water partition coefficient (Wildman–Crippen LogP) is 5.33. The van der Waals surface area contributed by atoms with E-state index < -0.39 is 0 Å². The van der Waals surface area contributed by atoms with Crippen LogP contribution in [0.25, 0.3) is 0 Å². The SMILES string of the molecule is C[C@@H]1C[C@@H](C)CN(c2cc(N3CCN(c4ccccc4)CC3)nc(NC(=S)N[C@@H](C)c3ccccc3)n2)C1. The quantitative estimate of drug-likeness (QED) is 0.416. The van der Waals surface area contributed by atoms with E-state index in [2.05, 4.69) is 94.6 Å². The van der Waals surface area contributed by atoms with Crippen molar-refractivity contribution in [2.75, 3.05) is 59.3 Å². The van der Waals surface area contributed by atoms with Crippen LogP contribution in [0.2, 0.25) is 0 Å². The lowest BCUT2D eigenvalue weighted by atomic mass is 9.92. The van der Waals surface area contributed by atoms with Crippen molar-refractivity contribution in [3.8, 4) is 0 Å². The molecule has 0 spiro atoms. The summed E-state index contributed by atoms with van der Waals surface area (Å²) in [5.41, 5.74) is 2.46. The van der Waals surface area contributed by atoms with Gasteiger partial charge >= 0.3 is 0 Å². The number of aromatic nitrogens is 2. The maximum atomic E-state index is 5.68. The summed E-state index contributed by atoms with van der Waals surface area (Å²) in [5.74, 6) is 3.75. The molecule has 0 unspecified atom stereocenters. The van der Waals surface area contributed by atoms with E-state index in [1.165, 1.54) is 17.7 Å². The third-order valence-corrected chi connectivity index (χ3v) is 7.71. The number of anilines is 4. The molecule has 0 bridgehead atoms. The van der Waals surface area contributed by atoms with Gasteiger partial charge in [0.25, 0.3) is 0 Å². The molecule has 0 saturated carbocycles. The maximum absolute atomic E-state index is 5.68. The van der Waals surface area contributed by atoms with E-state index in [0.717, 1.165) is 50.9 Å². The van der Waals surface area contributed by atoms with Crippen LogP contribution in [0.4, 0.5) is 23.3 Å². The minimum atomic E-state index is 0.0775. The topological polar surface area (TPSA) is 59.6 Å². The Balaban J connectivity index is 1.34. The zero-order chi connectivity index (χ0) is 26.5. The van der Waals surface area contributed by atoms with E-state index in [9.17, 15) is 0 Å². The summed E-state index contributed by atoms with van der Waals surface area (Å²) >= 11 is 5.68. The molecule has 38 heavy (non-hydrogen) atoms. The normalized spacial score (nSPS) is 20.7. The van der Waals surface area contributed by atoms with E-state index >= 15 is 0 Å². The minimum absolute atomic E-state index is 0.0775. The molecule has 0 radical (unpaired) electrons. The average Bonchev–Trinajstić information content (AvgIpc) is 2.93. The van der Waals surface area contributed by atoms with E-state index in [1.807, 2.05) is 18.2 Å². The maximum Gasteiger partial charge on any atom is 0.232 e. The van der Waals surface area contributed by atoms with Gasteiger partial charge in [-0.25, -0.2) is 0 Å². The molecule has 200 valence electrons. The lowest BCUT2D eigenvalue weighted by molar-refractivity contribution is 0.355. The van der Waals surface area contributed by atoms with E-state index in [1.54, 1.807) is 0 Å². The van der Waals surface area contributed by atoms with Gasteiger partial charge in [0.2, 0.25) is 5.95 Å². The van der Waals surface area contributed by atoms with Crippen molar-refractivity contribution in [2.24, 2.45) is 11.8 Å². The zero-order valence-corrected chi connectivity index (χ0v) is 23.5. The molecule has 5 rings (SSSR count). The lowest BCUT2D eigenvalue weighted by Crippen LogP contribution is -2.47. The van der Waals surface area contributed by atoms with Gasteiger partial charge in [-0.3, -0.25) is 0 Å². The second kappa shape index (κ2) is 12.0. The Morgan fingerprint density at radius 1 is 0.816 bits per heavy atom. The van der Waals surface area contributed by atoms with Crippen molar-refractivity contribution >= 4 is 40.6 Å². The first-order valence-corrected chi connectivity index (χ1v) is 14.2. The van der Waals surface area contributed by atoms with Gasteiger partial charge in [0, 0.05) is 51.0 Å². The second-order valence-electron chi connectivity index (χ2n) is 10.8. The molecule has 1 aromatic heterocycles. The van der Waals surface area contributed by atoms with Crippen LogP contribution >= 0.6 is 12.2 Å². The van der Waals surface area contributed by atoms with E-state index in [0.29, 0.717) is 22.9 Å². The number of piperazine rings is 1. The highest BCUT2D eigenvalue weighted by Gasteiger charge is 2.26. The summed E-state index contributed by atoms with van der Waals surface area (Å²) < 4.78 is 0. The molecule has 2 saturated heterocycles. The van der Waals surface area contributed by atoms with Crippen molar-refractivity contribution in [1.82, 2.24) is 15.3 Å². The van der Waals surface area contributed by atoms with Crippen molar-refractivity contribution in [2.45, 2.75) is 33.2 Å². The number of nitrogens with zero attached hydrogens (tertiary/aromatic N) is 5. The van der Waals surface area contributed by atoms with Gasteiger partial charge in [-0.2, -0.15) is 9.97 Å². The molecule has 3 heterocycles. The molecule has 2 N–H and O–H groups in total. The summed E-state index contributed by atoms with van der Waals surface area (Å²) in [5, 5.41) is 7.21. The molecule has 7 nitrogen and oxygen atoms in total. The number of thiocarbonyl (C=S) groups is 1. The number of hydrogen-bond donors (Lipinski definition) is 2. The Kier molecular flexibility index (Phi) is 8.27. The van der Waals surface area contributed by atoms with Crippen LogP contribution in [-0.4, -0.2) is 54.3 Å². The average molecular weight is 530 g/mol. The van der Waals surface area contributed by atoms with E-state index in [-0.39, 0.29) is 6.04 Å². The first-order chi connectivity index (χ1) is 18.4. The number of rotatable bonds is 6. The van der Waals surface area contributed by atoms with E-state index in [4.69, 9.17) is 22.2 Å². The van der Waals surface area contributed by atoms with Crippen LogP contribution in [0.5, 0.6) is 0 Å². The molecular weight excluding hydrogens is 490 g/mol. The number of hydrogen-bond acceptors (Lipinski definition) is 6. The highest BCUT2D eigenvalue weighted by molar-refractivity contribution is 7.80. The molecule has 3 aromatic rings. The first kappa shape index (κ1) is 26.2. The Morgan fingerprint density at radius 3 is 2.00 bits per heavy atom. The lowest BCUT2D eigenvalue weighted by Gasteiger charge is -2.38. The Labute approximate surface area is 232 Å². The Bertz CT molecular complexity index is 1190. The second-order valence-corrected chi connectivity index (χ2v) is 11.2. The monoisotopic (exact) mass is 529 g/mol. The zero-order valence-electron chi connectivity index (χ0n) is 22.7. The molecule has 0 aliphatic carbocycles. The molecule has 2 aliphatic rings.